The summed E-state index contributed by atoms with van der Waals surface area (Å²) in [6.45, 7) is 4.23. The highest BCUT2D eigenvalue weighted by atomic mass is 16.5. The SMILES string of the molecule is CCCC=CC(=O)CCc1cc(OC2CCCC2)c(O)c([C@H](CCOC)CCC(C)=O)c1. The quantitative estimate of drug-likeness (QED) is 0.333. The first kappa shape index (κ1) is 26.1. The van der Waals surface area contributed by atoms with Crippen LogP contribution in [0.1, 0.15) is 95.1 Å². The average molecular weight is 445 g/mol. The number of ketones is 2. The first-order chi connectivity index (χ1) is 15.4. The molecule has 0 radical (unpaired) electrons. The Hall–Kier alpha value is -2.14. The van der Waals surface area contributed by atoms with Crippen LogP contribution in [-0.4, -0.2) is 36.5 Å². The van der Waals surface area contributed by atoms with Crippen LogP contribution >= 0.6 is 0 Å². The third-order valence-corrected chi connectivity index (χ3v) is 6.13. The molecule has 32 heavy (non-hydrogen) atoms. The highest BCUT2D eigenvalue weighted by Gasteiger charge is 2.23. The minimum atomic E-state index is -0.00937. The third kappa shape index (κ3) is 8.78. The van der Waals surface area contributed by atoms with E-state index < -0.39 is 0 Å². The lowest BCUT2D eigenvalue weighted by atomic mass is 9.88. The summed E-state index contributed by atoms with van der Waals surface area (Å²) in [5.74, 6) is 0.904. The summed E-state index contributed by atoms with van der Waals surface area (Å²) in [4.78, 5) is 23.9. The zero-order valence-corrected chi connectivity index (χ0v) is 20.0. The van der Waals surface area contributed by atoms with Gasteiger partial charge in [0.25, 0.3) is 0 Å². The van der Waals surface area contributed by atoms with Gasteiger partial charge >= 0.3 is 0 Å². The minimum absolute atomic E-state index is 0.00937. The second kappa shape index (κ2) is 14.1. The molecule has 0 bridgehead atoms. The van der Waals surface area contributed by atoms with E-state index in [9.17, 15) is 14.7 Å². The molecule has 0 spiro atoms. The second-order valence-electron chi connectivity index (χ2n) is 8.93. The number of benzene rings is 1. The van der Waals surface area contributed by atoms with Crippen LogP contribution in [0.5, 0.6) is 11.5 Å². The summed E-state index contributed by atoms with van der Waals surface area (Å²) >= 11 is 0. The molecule has 5 nitrogen and oxygen atoms in total. The highest BCUT2D eigenvalue weighted by molar-refractivity contribution is 5.89. The predicted octanol–water partition coefficient (Wildman–Crippen LogP) is 6.06. The molecule has 0 heterocycles. The molecule has 1 fully saturated rings. The topological polar surface area (TPSA) is 72.8 Å². The van der Waals surface area contributed by atoms with Gasteiger partial charge in [-0.1, -0.05) is 25.5 Å². The van der Waals surface area contributed by atoms with Crippen LogP contribution in [0.3, 0.4) is 0 Å². The van der Waals surface area contributed by atoms with Gasteiger partial charge in [-0.25, -0.2) is 0 Å². The molecular weight excluding hydrogens is 404 g/mol. The summed E-state index contributed by atoms with van der Waals surface area (Å²) in [7, 11) is 1.66. The van der Waals surface area contributed by atoms with Crippen LogP contribution in [0.25, 0.3) is 0 Å². The van der Waals surface area contributed by atoms with E-state index in [2.05, 4.69) is 6.92 Å². The molecule has 5 heteroatoms. The van der Waals surface area contributed by atoms with Gasteiger partial charge in [0.2, 0.25) is 0 Å². The van der Waals surface area contributed by atoms with Crippen molar-refractivity contribution < 1.29 is 24.2 Å². The molecule has 0 saturated heterocycles. The van der Waals surface area contributed by atoms with Crippen molar-refractivity contribution in [2.24, 2.45) is 0 Å². The maximum Gasteiger partial charge on any atom is 0.161 e. The fourth-order valence-electron chi connectivity index (χ4n) is 4.25. The van der Waals surface area contributed by atoms with Gasteiger partial charge in [0.05, 0.1) is 6.10 Å². The first-order valence-electron chi connectivity index (χ1n) is 12.1. The molecule has 1 aliphatic carbocycles. The maximum absolute atomic E-state index is 12.2. The van der Waals surface area contributed by atoms with Crippen LogP contribution < -0.4 is 4.74 Å². The minimum Gasteiger partial charge on any atom is -0.504 e. The summed E-state index contributed by atoms with van der Waals surface area (Å²) in [5, 5.41) is 11.1. The Bertz CT molecular complexity index is 762. The van der Waals surface area contributed by atoms with Gasteiger partial charge in [0.15, 0.2) is 17.3 Å². The van der Waals surface area contributed by atoms with E-state index in [4.69, 9.17) is 9.47 Å². The van der Waals surface area contributed by atoms with Crippen molar-refractivity contribution >= 4 is 11.6 Å². The summed E-state index contributed by atoms with van der Waals surface area (Å²) in [6.07, 6.45) is 12.8. The fourth-order valence-corrected chi connectivity index (χ4v) is 4.25. The number of hydrogen-bond acceptors (Lipinski definition) is 5. The van der Waals surface area contributed by atoms with Gasteiger partial charge in [-0.15, -0.1) is 0 Å². The second-order valence-corrected chi connectivity index (χ2v) is 8.93. The number of unbranched alkanes of at least 4 members (excludes halogenated alkanes) is 1. The Kier molecular flexibility index (Phi) is 11.5. The van der Waals surface area contributed by atoms with Crippen LogP contribution in [0.2, 0.25) is 0 Å². The van der Waals surface area contributed by atoms with Crippen LogP contribution in [0.15, 0.2) is 24.3 Å². The van der Waals surface area contributed by atoms with Crippen molar-refractivity contribution in [3.05, 3.63) is 35.4 Å². The Balaban J connectivity index is 2.28. The molecule has 0 unspecified atom stereocenters. The fraction of sp³-hybridized carbons (Fsp3) is 0.630. The van der Waals surface area contributed by atoms with Crippen molar-refractivity contribution in [1.82, 2.24) is 0 Å². The number of carbonyl (C=O) groups is 2. The summed E-state index contributed by atoms with van der Waals surface area (Å²) in [5.41, 5.74) is 1.77. The first-order valence-corrected chi connectivity index (χ1v) is 12.1. The van der Waals surface area contributed by atoms with E-state index >= 15 is 0 Å². The standard InChI is InChI=1S/C27H40O5/c1-4-5-6-9-23(29)15-13-21-18-25(22(16-17-31-3)14-12-20(2)28)27(30)26(19-21)32-24-10-7-8-11-24/h6,9,18-19,22,24,30H,4-5,7-8,10-17H2,1-3H3/t22-/m0/s1. The van der Waals surface area contributed by atoms with Crippen LogP contribution in [0.4, 0.5) is 0 Å². The van der Waals surface area contributed by atoms with Crippen molar-refractivity contribution in [1.29, 1.82) is 0 Å². The molecule has 0 amide bonds. The van der Waals surface area contributed by atoms with Crippen molar-refractivity contribution in [3.8, 4) is 11.5 Å². The van der Waals surface area contributed by atoms with Gasteiger partial charge in [-0.2, -0.15) is 0 Å². The maximum atomic E-state index is 12.2. The van der Waals surface area contributed by atoms with Crippen molar-refractivity contribution in [2.75, 3.05) is 13.7 Å². The lowest BCUT2D eigenvalue weighted by molar-refractivity contribution is -0.117. The number of methoxy groups -OCH3 is 1. The van der Waals surface area contributed by atoms with E-state index in [0.717, 1.165) is 49.7 Å². The molecule has 1 saturated carbocycles. The van der Waals surface area contributed by atoms with E-state index in [1.54, 1.807) is 20.1 Å². The number of aryl methyl sites for hydroxylation is 1. The molecule has 1 aliphatic rings. The van der Waals surface area contributed by atoms with Crippen molar-refractivity contribution in [2.45, 2.75) is 96.5 Å². The van der Waals surface area contributed by atoms with Crippen LogP contribution in [-0.2, 0) is 20.7 Å². The number of carbonyl (C=O) groups excluding carboxylic acids is 2. The van der Waals surface area contributed by atoms with E-state index in [0.29, 0.717) is 44.5 Å². The van der Waals surface area contributed by atoms with Gasteiger partial charge in [0.1, 0.15) is 5.78 Å². The van der Waals surface area contributed by atoms with E-state index in [1.165, 1.54) is 0 Å². The number of Topliss-reactive ketones (excluding diaryl/α,β-unsaturated/α-hetero) is 1. The number of phenols is 1. The number of hydrogen-bond donors (Lipinski definition) is 1. The Morgan fingerprint density at radius 3 is 2.59 bits per heavy atom. The lowest BCUT2D eigenvalue weighted by Crippen LogP contribution is -2.13. The third-order valence-electron chi connectivity index (χ3n) is 6.13. The molecule has 1 N–H and O–H groups in total. The molecular formula is C27H40O5. The number of rotatable bonds is 15. The Morgan fingerprint density at radius 2 is 1.94 bits per heavy atom. The molecule has 1 atom stereocenters. The number of allylic oxidation sites excluding steroid dienone is 2. The van der Waals surface area contributed by atoms with Gasteiger partial charge in [-0.05, 0) is 81.9 Å². The number of ether oxygens (including phenoxy) is 2. The average Bonchev–Trinajstić information content (AvgIpc) is 3.27. The van der Waals surface area contributed by atoms with Gasteiger partial charge in [-0.3, -0.25) is 4.79 Å². The monoisotopic (exact) mass is 444 g/mol. The zero-order chi connectivity index (χ0) is 23.3. The highest BCUT2D eigenvalue weighted by Crippen LogP contribution is 2.41. The number of phenolic OH excluding ortho intramolecular Hbond substituents is 1. The Labute approximate surface area is 193 Å². The predicted molar refractivity (Wildman–Crippen MR) is 128 cm³/mol. The van der Waals surface area contributed by atoms with Crippen LogP contribution in [0, 0.1) is 0 Å². The Morgan fingerprint density at radius 1 is 1.19 bits per heavy atom. The normalized spacial score (nSPS) is 15.3. The summed E-state index contributed by atoms with van der Waals surface area (Å²) in [6, 6.07) is 3.87. The summed E-state index contributed by atoms with van der Waals surface area (Å²) < 4.78 is 11.5. The van der Waals surface area contributed by atoms with E-state index in [-0.39, 0.29) is 29.3 Å². The van der Waals surface area contributed by atoms with Gasteiger partial charge in [0, 0.05) is 32.1 Å². The largest absolute Gasteiger partial charge is 0.504 e. The van der Waals surface area contributed by atoms with E-state index in [1.807, 2.05) is 18.2 Å². The smallest absolute Gasteiger partial charge is 0.161 e. The van der Waals surface area contributed by atoms with Crippen molar-refractivity contribution in [3.63, 3.8) is 0 Å². The number of aromatic hydroxyl groups is 1. The lowest BCUT2D eigenvalue weighted by Gasteiger charge is -2.22. The molecule has 0 aromatic heterocycles. The molecule has 1 aromatic rings. The zero-order valence-electron chi connectivity index (χ0n) is 20.0. The van der Waals surface area contributed by atoms with Gasteiger partial charge < -0.3 is 19.4 Å². The molecule has 2 rings (SSSR count). The molecule has 0 aliphatic heterocycles. The molecule has 178 valence electrons. The molecule has 1 aromatic carbocycles.